The van der Waals surface area contributed by atoms with Gasteiger partial charge in [-0.25, -0.2) is 23.7 Å². The fourth-order valence-electron chi connectivity index (χ4n) is 3.41. The van der Waals surface area contributed by atoms with Crippen LogP contribution in [0.2, 0.25) is 0 Å². The zero-order valence-corrected chi connectivity index (χ0v) is 18.7. The summed E-state index contributed by atoms with van der Waals surface area (Å²) in [7, 11) is 1.44. The molecule has 2 heterocycles. The second-order valence-corrected chi connectivity index (χ2v) is 7.95. The van der Waals surface area contributed by atoms with Crippen molar-refractivity contribution in [3.8, 4) is 11.5 Å². The molecule has 188 valence electrons. The lowest BCUT2D eigenvalue weighted by atomic mass is 10.2. The minimum Gasteiger partial charge on any atom is -0.493 e. The Kier molecular flexibility index (Phi) is 6.54. The largest absolute Gasteiger partial charge is 0.493 e. The molecule has 35 heavy (non-hydrogen) atoms. The van der Waals surface area contributed by atoms with E-state index in [0.717, 1.165) is 6.07 Å². The smallest absolute Gasteiger partial charge is 0.433 e. The first-order valence-electron chi connectivity index (χ1n) is 10.5. The average molecular weight is 499 g/mol. The van der Waals surface area contributed by atoms with Crippen molar-refractivity contribution < 1.29 is 36.2 Å². The van der Waals surface area contributed by atoms with Crippen molar-refractivity contribution in [2.75, 3.05) is 31.4 Å². The summed E-state index contributed by atoms with van der Waals surface area (Å²) in [4.78, 5) is 12.1. The number of nitrogens with one attached hydrogen (secondary N) is 1. The zero-order chi connectivity index (χ0) is 25.4. The van der Waals surface area contributed by atoms with Crippen molar-refractivity contribution >= 4 is 22.5 Å². The second kappa shape index (κ2) is 9.29. The van der Waals surface area contributed by atoms with Gasteiger partial charge in [-0.1, -0.05) is 0 Å². The SMILES string of the molecule is COc1cc2nc(C)nc(NCc3cc(N)nc(C(F)(F)F)c3)c2cc1OCCOC1CC1(F)F. The summed E-state index contributed by atoms with van der Waals surface area (Å²) in [5.41, 5.74) is 5.21. The monoisotopic (exact) mass is 499 g/mol. The van der Waals surface area contributed by atoms with Gasteiger partial charge < -0.3 is 25.3 Å². The third-order valence-electron chi connectivity index (χ3n) is 5.18. The number of nitrogen functional groups attached to an aromatic ring is 1. The molecular weight excluding hydrogens is 477 g/mol. The maximum Gasteiger partial charge on any atom is 0.433 e. The number of anilines is 2. The van der Waals surface area contributed by atoms with Gasteiger partial charge >= 0.3 is 6.18 Å². The summed E-state index contributed by atoms with van der Waals surface area (Å²) in [6.45, 7) is 1.61. The normalized spacial score (nSPS) is 16.8. The highest BCUT2D eigenvalue weighted by Crippen LogP contribution is 2.44. The third kappa shape index (κ3) is 5.78. The molecule has 1 atom stereocenters. The van der Waals surface area contributed by atoms with Gasteiger partial charge in [0.2, 0.25) is 0 Å². The van der Waals surface area contributed by atoms with Crippen LogP contribution < -0.4 is 20.5 Å². The molecule has 1 aliphatic rings. The van der Waals surface area contributed by atoms with E-state index >= 15 is 0 Å². The van der Waals surface area contributed by atoms with Crippen LogP contribution in [0.25, 0.3) is 10.9 Å². The van der Waals surface area contributed by atoms with Gasteiger partial charge in [-0.3, -0.25) is 0 Å². The predicted molar refractivity (Wildman–Crippen MR) is 117 cm³/mol. The average Bonchev–Trinajstić information content (AvgIpc) is 3.39. The second-order valence-electron chi connectivity index (χ2n) is 7.95. The number of alkyl halides is 5. The van der Waals surface area contributed by atoms with E-state index in [-0.39, 0.29) is 37.6 Å². The van der Waals surface area contributed by atoms with Gasteiger partial charge in [0, 0.05) is 24.4 Å². The van der Waals surface area contributed by atoms with Gasteiger partial charge in [0.1, 0.15) is 35.9 Å². The van der Waals surface area contributed by atoms with Crippen molar-refractivity contribution in [2.45, 2.75) is 38.1 Å². The maximum absolute atomic E-state index is 13.1. The molecule has 1 aromatic carbocycles. The molecule has 0 amide bonds. The van der Waals surface area contributed by atoms with Gasteiger partial charge in [-0.05, 0) is 30.7 Å². The molecule has 0 aliphatic heterocycles. The molecule has 0 radical (unpaired) electrons. The maximum atomic E-state index is 13.1. The van der Waals surface area contributed by atoms with E-state index in [0.29, 0.717) is 34.0 Å². The van der Waals surface area contributed by atoms with Crippen LogP contribution in [0.3, 0.4) is 0 Å². The number of nitrogens with zero attached hydrogens (tertiary/aromatic N) is 3. The summed E-state index contributed by atoms with van der Waals surface area (Å²) in [6.07, 6.45) is -6.02. The Balaban J connectivity index is 1.54. The van der Waals surface area contributed by atoms with Gasteiger partial charge in [0.25, 0.3) is 5.92 Å². The molecule has 0 saturated heterocycles. The number of hydrogen-bond acceptors (Lipinski definition) is 8. The number of rotatable bonds is 9. The number of hydrogen-bond donors (Lipinski definition) is 2. The molecule has 1 aliphatic carbocycles. The standard InChI is InChI=1S/C22H22F5N5O3/c1-11-30-14-8-15(33-2)16(34-3-4-35-18-9-21(18,23)24)7-13(14)20(31-11)29-10-12-5-17(22(25,26)27)32-19(28)6-12/h5-8,18H,3-4,9-10H2,1-2H3,(H2,28,32)(H,29,30,31). The van der Waals surface area contributed by atoms with Crippen LogP contribution in [0.1, 0.15) is 23.5 Å². The third-order valence-corrected chi connectivity index (χ3v) is 5.18. The fourth-order valence-corrected chi connectivity index (χ4v) is 3.41. The molecule has 8 nitrogen and oxygen atoms in total. The van der Waals surface area contributed by atoms with Crippen molar-refractivity contribution in [1.29, 1.82) is 0 Å². The first kappa shape index (κ1) is 24.6. The van der Waals surface area contributed by atoms with Crippen molar-refractivity contribution in [3.05, 3.63) is 41.3 Å². The van der Waals surface area contributed by atoms with E-state index < -0.39 is 23.9 Å². The van der Waals surface area contributed by atoms with E-state index in [4.69, 9.17) is 19.9 Å². The summed E-state index contributed by atoms with van der Waals surface area (Å²) in [5.74, 6) is -1.62. The van der Waals surface area contributed by atoms with Gasteiger partial charge in [0.15, 0.2) is 11.5 Å². The summed E-state index contributed by atoms with van der Waals surface area (Å²) in [5, 5.41) is 3.52. The molecule has 4 rings (SSSR count). The molecule has 3 N–H and O–H groups in total. The number of fused-ring (bicyclic) bond motifs is 1. The van der Waals surface area contributed by atoms with Gasteiger partial charge in [-0.15, -0.1) is 0 Å². The number of methoxy groups -OCH3 is 1. The number of aromatic nitrogens is 3. The molecule has 1 saturated carbocycles. The Morgan fingerprint density at radius 1 is 1.09 bits per heavy atom. The minimum atomic E-state index is -4.63. The number of aryl methyl sites for hydroxylation is 1. The quantitative estimate of drug-likeness (QED) is 0.331. The van der Waals surface area contributed by atoms with E-state index in [2.05, 4.69) is 20.3 Å². The number of benzene rings is 1. The van der Waals surface area contributed by atoms with Crippen molar-refractivity contribution in [1.82, 2.24) is 15.0 Å². The van der Waals surface area contributed by atoms with E-state index in [1.807, 2.05) is 0 Å². The fraction of sp³-hybridized carbons (Fsp3) is 0.409. The van der Waals surface area contributed by atoms with Crippen LogP contribution in [0.4, 0.5) is 33.6 Å². The highest BCUT2D eigenvalue weighted by atomic mass is 19.4. The Morgan fingerprint density at radius 2 is 1.83 bits per heavy atom. The van der Waals surface area contributed by atoms with E-state index in [1.54, 1.807) is 19.1 Å². The van der Waals surface area contributed by atoms with Gasteiger partial charge in [0.05, 0.1) is 19.2 Å². The molecule has 13 heteroatoms. The first-order chi connectivity index (χ1) is 16.5. The molecule has 0 spiro atoms. The van der Waals surface area contributed by atoms with Crippen LogP contribution in [-0.2, 0) is 17.5 Å². The van der Waals surface area contributed by atoms with E-state index in [9.17, 15) is 22.0 Å². The highest BCUT2D eigenvalue weighted by molar-refractivity contribution is 5.91. The summed E-state index contributed by atoms with van der Waals surface area (Å²) < 4.78 is 81.2. The van der Waals surface area contributed by atoms with Crippen molar-refractivity contribution in [3.63, 3.8) is 0 Å². The van der Waals surface area contributed by atoms with Crippen LogP contribution in [0, 0.1) is 6.92 Å². The van der Waals surface area contributed by atoms with Crippen LogP contribution in [-0.4, -0.2) is 47.3 Å². The molecular formula is C22H22F5N5O3. The van der Waals surface area contributed by atoms with Crippen LogP contribution in [0.15, 0.2) is 24.3 Å². The van der Waals surface area contributed by atoms with Gasteiger partial charge in [-0.2, -0.15) is 13.2 Å². The molecule has 3 aromatic rings. The lowest BCUT2D eigenvalue weighted by molar-refractivity contribution is -0.141. The van der Waals surface area contributed by atoms with Crippen LogP contribution >= 0.6 is 0 Å². The molecule has 1 unspecified atom stereocenters. The highest BCUT2D eigenvalue weighted by Gasteiger charge is 2.58. The lowest BCUT2D eigenvalue weighted by Crippen LogP contribution is -2.12. The first-order valence-corrected chi connectivity index (χ1v) is 10.5. The molecule has 2 aromatic heterocycles. The Bertz CT molecular complexity index is 1240. The van der Waals surface area contributed by atoms with Crippen LogP contribution in [0.5, 0.6) is 11.5 Å². The lowest BCUT2D eigenvalue weighted by Gasteiger charge is -2.15. The number of pyridine rings is 1. The zero-order valence-electron chi connectivity index (χ0n) is 18.7. The predicted octanol–water partition coefficient (Wildman–Crippen LogP) is 4.36. The number of ether oxygens (including phenoxy) is 3. The van der Waals surface area contributed by atoms with Crippen molar-refractivity contribution in [2.24, 2.45) is 0 Å². The Labute approximate surface area is 196 Å². The molecule has 0 bridgehead atoms. The number of halogens is 5. The Hall–Kier alpha value is -3.48. The minimum absolute atomic E-state index is 0.000435. The Morgan fingerprint density at radius 3 is 2.49 bits per heavy atom. The number of nitrogens with two attached hydrogens (primary N) is 1. The topological polar surface area (TPSA) is 104 Å². The molecule has 1 fully saturated rings. The summed E-state index contributed by atoms with van der Waals surface area (Å²) in [6, 6.07) is 5.45. The summed E-state index contributed by atoms with van der Waals surface area (Å²) >= 11 is 0. The van der Waals surface area contributed by atoms with E-state index in [1.165, 1.54) is 13.2 Å².